The lowest BCUT2D eigenvalue weighted by atomic mass is 10.3. The molecule has 54 valence electrons. The molecular weight excluding hydrogens is 150 g/mol. The summed E-state index contributed by atoms with van der Waals surface area (Å²) >= 11 is 0. The van der Waals surface area contributed by atoms with Gasteiger partial charge in [0, 0.05) is 6.07 Å². The van der Waals surface area contributed by atoms with Gasteiger partial charge < -0.3 is 5.11 Å². The van der Waals surface area contributed by atoms with Crippen LogP contribution < -0.4 is 5.14 Å². The molecule has 0 saturated heterocycles. The monoisotopic (exact) mass is 158 g/mol. The standard InChI is InChI=1S/C6H7NO2S/c7-10-3-1-2-5(10)4-6(8)9/h1-3H,4,7H2/p+1. The maximum Gasteiger partial charge on any atom is 0.312 e. The summed E-state index contributed by atoms with van der Waals surface area (Å²) in [6.07, 6.45) is 0.0621. The fourth-order valence-corrected chi connectivity index (χ4v) is 1.64. The quantitative estimate of drug-likeness (QED) is 0.625. The van der Waals surface area contributed by atoms with Crippen molar-refractivity contribution in [2.75, 3.05) is 5.14 Å². The zero-order chi connectivity index (χ0) is 7.56. The van der Waals surface area contributed by atoms with Crippen LogP contribution in [0.4, 0.5) is 0 Å². The van der Waals surface area contributed by atoms with E-state index in [1.54, 1.807) is 17.5 Å². The second-order valence-electron chi connectivity index (χ2n) is 1.90. The van der Waals surface area contributed by atoms with E-state index in [2.05, 4.69) is 0 Å². The lowest BCUT2D eigenvalue weighted by molar-refractivity contribution is -0.136. The Balaban J connectivity index is 2.74. The van der Waals surface area contributed by atoms with E-state index in [0.29, 0.717) is 0 Å². The van der Waals surface area contributed by atoms with Gasteiger partial charge in [0.2, 0.25) is 0 Å². The number of rotatable bonds is 2. The third-order valence-corrected chi connectivity index (χ3v) is 2.47. The average Bonchev–Trinajstić information content (AvgIpc) is 2.15. The van der Waals surface area contributed by atoms with Crippen molar-refractivity contribution in [1.29, 1.82) is 0 Å². The molecule has 4 heteroatoms. The summed E-state index contributed by atoms with van der Waals surface area (Å²) in [5, 5.41) is 15.7. The molecule has 1 atom stereocenters. The molecule has 0 radical (unpaired) electrons. The van der Waals surface area contributed by atoms with Crippen LogP contribution in [0.1, 0.15) is 4.88 Å². The highest BCUT2D eigenvalue weighted by atomic mass is 32.2. The predicted molar refractivity (Wildman–Crippen MR) is 40.4 cm³/mol. The molecule has 0 spiro atoms. The largest absolute Gasteiger partial charge is 0.481 e. The number of aliphatic carboxylic acids is 1. The van der Waals surface area contributed by atoms with E-state index in [4.69, 9.17) is 10.2 Å². The van der Waals surface area contributed by atoms with Crippen molar-refractivity contribution in [3.63, 3.8) is 0 Å². The van der Waals surface area contributed by atoms with Crippen LogP contribution in [0.2, 0.25) is 0 Å². The molecule has 1 aromatic heterocycles. The Labute approximate surface area is 61.2 Å². The number of nitrogens with two attached hydrogens (primary N) is 1. The average molecular weight is 158 g/mol. The van der Waals surface area contributed by atoms with Crippen molar-refractivity contribution in [1.82, 2.24) is 0 Å². The van der Waals surface area contributed by atoms with Gasteiger partial charge >= 0.3 is 5.97 Å². The maximum atomic E-state index is 10.2. The van der Waals surface area contributed by atoms with Gasteiger partial charge in [-0.1, -0.05) is 0 Å². The molecule has 0 aliphatic heterocycles. The fourth-order valence-electron chi connectivity index (χ4n) is 0.689. The molecule has 0 bridgehead atoms. The molecule has 1 rings (SSSR count). The Morgan fingerprint density at radius 3 is 2.90 bits per heavy atom. The lowest BCUT2D eigenvalue weighted by Gasteiger charge is -1.83. The number of carboxylic acid groups (broad SMARTS) is 1. The van der Waals surface area contributed by atoms with Crippen molar-refractivity contribution >= 4 is 16.6 Å². The van der Waals surface area contributed by atoms with Crippen molar-refractivity contribution in [2.24, 2.45) is 0 Å². The van der Waals surface area contributed by atoms with Gasteiger partial charge in [0.05, 0.1) is 10.7 Å². The van der Waals surface area contributed by atoms with Gasteiger partial charge in [-0.2, -0.15) is 0 Å². The van der Waals surface area contributed by atoms with E-state index in [1.165, 1.54) is 0 Å². The zero-order valence-corrected chi connectivity index (χ0v) is 6.10. The molecule has 0 amide bonds. The van der Waals surface area contributed by atoms with Crippen LogP contribution in [0.25, 0.3) is 0 Å². The van der Waals surface area contributed by atoms with Crippen molar-refractivity contribution in [3.05, 3.63) is 22.4 Å². The number of hydrogen-bond acceptors (Lipinski definition) is 2. The van der Waals surface area contributed by atoms with Crippen LogP contribution in [0.5, 0.6) is 0 Å². The Morgan fingerprint density at radius 1 is 1.80 bits per heavy atom. The molecule has 0 fully saturated rings. The second kappa shape index (κ2) is 2.81. The highest BCUT2D eigenvalue weighted by Gasteiger charge is 2.11. The normalized spacial score (nSPS) is 11.5. The van der Waals surface area contributed by atoms with Crippen LogP contribution in [0.3, 0.4) is 0 Å². The van der Waals surface area contributed by atoms with Crippen molar-refractivity contribution < 1.29 is 9.90 Å². The minimum Gasteiger partial charge on any atom is -0.481 e. The maximum absolute atomic E-state index is 10.2. The zero-order valence-electron chi connectivity index (χ0n) is 5.28. The van der Waals surface area contributed by atoms with E-state index in [0.717, 1.165) is 4.88 Å². The number of hydrogen-bond donors (Lipinski definition) is 2. The molecule has 0 aliphatic rings. The number of carbonyl (C=O) groups is 1. The Hall–Kier alpha value is -0.870. The highest BCUT2D eigenvalue weighted by Crippen LogP contribution is 2.16. The first-order valence-corrected chi connectivity index (χ1v) is 4.12. The summed E-state index contributed by atoms with van der Waals surface area (Å²) in [6, 6.07) is 3.55. The minimum absolute atomic E-state index is 0.0621. The van der Waals surface area contributed by atoms with Gasteiger partial charge in [-0.15, -0.1) is 5.14 Å². The topological polar surface area (TPSA) is 63.3 Å². The first-order chi connectivity index (χ1) is 4.70. The molecule has 3 nitrogen and oxygen atoms in total. The summed E-state index contributed by atoms with van der Waals surface area (Å²) in [7, 11) is -0.431. The SMILES string of the molecule is N[s+]1cccc1CC(=O)O. The van der Waals surface area contributed by atoms with Crippen LogP contribution in [-0.4, -0.2) is 11.1 Å². The summed E-state index contributed by atoms with van der Waals surface area (Å²) in [4.78, 5) is 11.0. The molecule has 0 saturated carbocycles. The van der Waals surface area contributed by atoms with Gasteiger partial charge in [-0.3, -0.25) is 4.79 Å². The molecule has 0 aliphatic carbocycles. The minimum atomic E-state index is -0.821. The Morgan fingerprint density at radius 2 is 2.50 bits per heavy atom. The molecular formula is C6H8NO2S+. The van der Waals surface area contributed by atoms with E-state index in [9.17, 15) is 4.79 Å². The molecule has 0 aromatic carbocycles. The predicted octanol–water partition coefficient (Wildman–Crippen LogP) is 0.777. The Kier molecular flexibility index (Phi) is 2.03. The van der Waals surface area contributed by atoms with Gasteiger partial charge in [0.1, 0.15) is 6.42 Å². The second-order valence-corrected chi connectivity index (χ2v) is 3.44. The molecule has 3 N–H and O–H groups in total. The molecule has 1 heterocycles. The molecule has 1 aromatic rings. The molecule has 1 unspecified atom stereocenters. The fraction of sp³-hybridized carbons (Fsp3) is 0.167. The highest BCUT2D eigenvalue weighted by molar-refractivity contribution is 7.29. The summed E-state index contributed by atoms with van der Waals surface area (Å²) in [6.45, 7) is 0. The van der Waals surface area contributed by atoms with E-state index in [-0.39, 0.29) is 6.42 Å². The van der Waals surface area contributed by atoms with E-state index in [1.807, 2.05) is 0 Å². The van der Waals surface area contributed by atoms with Crippen LogP contribution >= 0.6 is 10.7 Å². The third kappa shape index (κ3) is 1.55. The van der Waals surface area contributed by atoms with Crippen molar-refractivity contribution in [2.45, 2.75) is 6.42 Å². The van der Waals surface area contributed by atoms with Gasteiger partial charge in [-0.05, 0) is 6.07 Å². The number of nitrogen functional groups attached to an aromatic ring is 1. The Bertz CT molecular complexity index is 244. The van der Waals surface area contributed by atoms with Crippen molar-refractivity contribution in [3.8, 4) is 0 Å². The van der Waals surface area contributed by atoms with Gasteiger partial charge in [0.25, 0.3) is 0 Å². The van der Waals surface area contributed by atoms with Crippen LogP contribution in [0.15, 0.2) is 17.5 Å². The first kappa shape index (κ1) is 7.24. The first-order valence-electron chi connectivity index (χ1n) is 2.77. The summed E-state index contributed by atoms with van der Waals surface area (Å²) in [5.74, 6) is -0.821. The smallest absolute Gasteiger partial charge is 0.312 e. The number of carboxylic acids is 1. The number of thiophene rings is 1. The third-order valence-electron chi connectivity index (χ3n) is 1.14. The van der Waals surface area contributed by atoms with Gasteiger partial charge in [-0.25, -0.2) is 0 Å². The van der Waals surface area contributed by atoms with Crippen LogP contribution in [0, 0.1) is 0 Å². The van der Waals surface area contributed by atoms with Gasteiger partial charge in [0.15, 0.2) is 10.3 Å². The summed E-state index contributed by atoms with van der Waals surface area (Å²) < 4.78 is 0. The van der Waals surface area contributed by atoms with Crippen LogP contribution in [-0.2, 0) is 11.2 Å². The molecule has 10 heavy (non-hydrogen) atoms. The lowest BCUT2D eigenvalue weighted by Crippen LogP contribution is -1.99. The van der Waals surface area contributed by atoms with E-state index >= 15 is 0 Å². The summed E-state index contributed by atoms with van der Waals surface area (Å²) in [5.41, 5.74) is 0. The van der Waals surface area contributed by atoms with E-state index < -0.39 is 16.6 Å².